The zero-order valence-corrected chi connectivity index (χ0v) is 14.3. The van der Waals surface area contributed by atoms with Gasteiger partial charge in [-0.05, 0) is 48.0 Å². The van der Waals surface area contributed by atoms with Crippen LogP contribution in [-0.4, -0.2) is 22.9 Å². The number of nitrogens with zero attached hydrogens (tertiary/aromatic N) is 2. The van der Waals surface area contributed by atoms with Gasteiger partial charge in [-0.1, -0.05) is 21.1 Å². The van der Waals surface area contributed by atoms with Crippen LogP contribution in [0.3, 0.4) is 0 Å². The van der Waals surface area contributed by atoms with Gasteiger partial charge in [-0.2, -0.15) is 4.98 Å². The molecule has 108 valence electrons. The van der Waals surface area contributed by atoms with Crippen LogP contribution >= 0.6 is 31.9 Å². The van der Waals surface area contributed by atoms with Crippen molar-refractivity contribution in [3.63, 3.8) is 0 Å². The van der Waals surface area contributed by atoms with E-state index in [1.807, 2.05) is 32.0 Å². The molecule has 7 heteroatoms. The predicted molar refractivity (Wildman–Crippen MR) is 83.2 cm³/mol. The van der Waals surface area contributed by atoms with Crippen LogP contribution in [0.5, 0.6) is 0 Å². The lowest BCUT2D eigenvalue weighted by Gasteiger charge is -2.10. The summed E-state index contributed by atoms with van der Waals surface area (Å²) in [5, 5.41) is 3.91. The van der Waals surface area contributed by atoms with Gasteiger partial charge in [-0.25, -0.2) is 0 Å². The van der Waals surface area contributed by atoms with Crippen LogP contribution in [0.25, 0.3) is 11.5 Å². The first-order valence-corrected chi connectivity index (χ1v) is 7.72. The molecule has 5 nitrogen and oxygen atoms in total. The fourth-order valence-corrected chi connectivity index (χ4v) is 2.30. The van der Waals surface area contributed by atoms with Gasteiger partial charge in [0.2, 0.25) is 0 Å². The Hall–Kier alpha value is -0.760. The van der Waals surface area contributed by atoms with Gasteiger partial charge in [0.25, 0.3) is 5.89 Å². The summed E-state index contributed by atoms with van der Waals surface area (Å²) in [5.41, 5.74) is 6.79. The average Bonchev–Trinajstić information content (AvgIpc) is 2.88. The molecule has 2 rings (SSSR count). The van der Waals surface area contributed by atoms with E-state index in [1.54, 1.807) is 0 Å². The van der Waals surface area contributed by atoms with Gasteiger partial charge in [0, 0.05) is 8.95 Å². The van der Waals surface area contributed by atoms with Crippen LogP contribution in [-0.2, 0) is 4.74 Å². The van der Waals surface area contributed by atoms with Crippen LogP contribution in [0.1, 0.15) is 25.7 Å². The van der Waals surface area contributed by atoms with E-state index < -0.39 is 6.04 Å². The topological polar surface area (TPSA) is 74.2 Å². The highest BCUT2D eigenvalue weighted by molar-refractivity contribution is 9.11. The number of ether oxygens (including phenoxy) is 1. The van der Waals surface area contributed by atoms with E-state index in [9.17, 15) is 0 Å². The number of benzene rings is 1. The van der Waals surface area contributed by atoms with E-state index in [-0.39, 0.29) is 6.10 Å². The largest absolute Gasteiger partial charge is 0.377 e. The Morgan fingerprint density at radius 3 is 2.80 bits per heavy atom. The molecule has 0 spiro atoms. The fourth-order valence-electron chi connectivity index (χ4n) is 1.53. The fraction of sp³-hybridized carbons (Fsp3) is 0.385. The van der Waals surface area contributed by atoms with Gasteiger partial charge in [0.1, 0.15) is 0 Å². The second-order valence-corrected chi connectivity index (χ2v) is 6.34. The molecule has 0 saturated heterocycles. The first-order valence-electron chi connectivity index (χ1n) is 6.13. The van der Waals surface area contributed by atoms with Crippen LogP contribution in [0.4, 0.5) is 0 Å². The third-order valence-corrected chi connectivity index (χ3v) is 3.73. The summed E-state index contributed by atoms with van der Waals surface area (Å²) < 4.78 is 12.5. The van der Waals surface area contributed by atoms with Gasteiger partial charge >= 0.3 is 0 Å². The van der Waals surface area contributed by atoms with Crippen LogP contribution < -0.4 is 5.73 Å². The number of halogens is 2. The van der Waals surface area contributed by atoms with Crippen molar-refractivity contribution in [3.8, 4) is 11.5 Å². The van der Waals surface area contributed by atoms with Crippen LogP contribution in [0, 0.1) is 0 Å². The van der Waals surface area contributed by atoms with Crippen molar-refractivity contribution in [2.75, 3.05) is 6.61 Å². The van der Waals surface area contributed by atoms with E-state index >= 15 is 0 Å². The summed E-state index contributed by atoms with van der Waals surface area (Å²) >= 11 is 6.87. The summed E-state index contributed by atoms with van der Waals surface area (Å²) in [6.45, 7) is 4.26. The Balaban J connectivity index is 2.18. The van der Waals surface area contributed by atoms with E-state index in [0.29, 0.717) is 18.3 Å². The van der Waals surface area contributed by atoms with Crippen molar-refractivity contribution in [1.29, 1.82) is 0 Å². The molecule has 2 aromatic rings. The van der Waals surface area contributed by atoms with Gasteiger partial charge in [-0.3, -0.25) is 0 Å². The van der Waals surface area contributed by atoms with Gasteiger partial charge in [0.15, 0.2) is 5.82 Å². The molecule has 0 amide bonds. The molecule has 0 radical (unpaired) electrons. The molecule has 0 fully saturated rings. The van der Waals surface area contributed by atoms with Crippen molar-refractivity contribution in [2.45, 2.75) is 26.0 Å². The highest BCUT2D eigenvalue weighted by Gasteiger charge is 2.17. The SMILES string of the molecule is CC(C)OCC(N)c1noc(-c2cc(Br)ccc2Br)n1. The number of hydrogen-bond donors (Lipinski definition) is 1. The first kappa shape index (κ1) is 15.6. The highest BCUT2D eigenvalue weighted by atomic mass is 79.9. The molecule has 0 saturated carbocycles. The second kappa shape index (κ2) is 6.80. The minimum Gasteiger partial charge on any atom is -0.377 e. The summed E-state index contributed by atoms with van der Waals surface area (Å²) in [7, 11) is 0. The van der Waals surface area contributed by atoms with Crippen molar-refractivity contribution >= 4 is 31.9 Å². The first-order chi connectivity index (χ1) is 9.47. The van der Waals surface area contributed by atoms with Crippen LogP contribution in [0.2, 0.25) is 0 Å². The lowest BCUT2D eigenvalue weighted by atomic mass is 10.2. The molecule has 20 heavy (non-hydrogen) atoms. The summed E-state index contributed by atoms with van der Waals surface area (Å²) in [4.78, 5) is 4.33. The Morgan fingerprint density at radius 2 is 2.10 bits per heavy atom. The number of aromatic nitrogens is 2. The molecule has 1 aromatic heterocycles. The molecule has 0 aliphatic carbocycles. The molecule has 0 bridgehead atoms. The molecule has 1 heterocycles. The summed E-state index contributed by atoms with van der Waals surface area (Å²) in [5.74, 6) is 0.862. The van der Waals surface area contributed by atoms with Crippen molar-refractivity contribution in [2.24, 2.45) is 5.73 Å². The maximum absolute atomic E-state index is 5.97. The molecule has 1 aromatic carbocycles. The average molecular weight is 405 g/mol. The van der Waals surface area contributed by atoms with E-state index in [0.717, 1.165) is 14.5 Å². The normalized spacial score (nSPS) is 12.9. The smallest absolute Gasteiger partial charge is 0.259 e. The lowest BCUT2D eigenvalue weighted by molar-refractivity contribution is 0.0665. The lowest BCUT2D eigenvalue weighted by Crippen LogP contribution is -2.20. The molecule has 1 atom stereocenters. The third-order valence-electron chi connectivity index (χ3n) is 2.54. The van der Waals surface area contributed by atoms with E-state index in [4.69, 9.17) is 15.0 Å². The van der Waals surface area contributed by atoms with Crippen molar-refractivity contribution < 1.29 is 9.26 Å². The third kappa shape index (κ3) is 3.88. The minimum absolute atomic E-state index is 0.117. The Kier molecular flexibility index (Phi) is 5.31. The number of nitrogens with two attached hydrogens (primary N) is 1. The molecule has 0 aliphatic heterocycles. The summed E-state index contributed by atoms with van der Waals surface area (Å²) in [6, 6.07) is 5.33. The maximum atomic E-state index is 5.97. The number of rotatable bonds is 5. The van der Waals surface area contributed by atoms with Gasteiger partial charge in [-0.15, -0.1) is 0 Å². The van der Waals surface area contributed by atoms with Crippen molar-refractivity contribution in [3.05, 3.63) is 33.0 Å². The highest BCUT2D eigenvalue weighted by Crippen LogP contribution is 2.30. The Morgan fingerprint density at radius 1 is 1.35 bits per heavy atom. The predicted octanol–water partition coefficient (Wildman–Crippen LogP) is 3.69. The monoisotopic (exact) mass is 403 g/mol. The van der Waals surface area contributed by atoms with E-state index in [2.05, 4.69) is 42.0 Å². The molecular weight excluding hydrogens is 390 g/mol. The molecule has 2 N–H and O–H groups in total. The maximum Gasteiger partial charge on any atom is 0.259 e. The Labute approximate surface area is 134 Å². The van der Waals surface area contributed by atoms with Gasteiger partial charge in [0.05, 0.1) is 24.3 Å². The van der Waals surface area contributed by atoms with Gasteiger partial charge < -0.3 is 15.0 Å². The quantitative estimate of drug-likeness (QED) is 0.822. The minimum atomic E-state index is -0.402. The zero-order chi connectivity index (χ0) is 14.7. The molecular formula is C13H15Br2N3O2. The van der Waals surface area contributed by atoms with Crippen LogP contribution in [0.15, 0.2) is 31.7 Å². The Bertz CT molecular complexity index is 587. The summed E-state index contributed by atoms with van der Waals surface area (Å²) in [6.07, 6.45) is 0.117. The van der Waals surface area contributed by atoms with E-state index in [1.165, 1.54) is 0 Å². The second-order valence-electron chi connectivity index (χ2n) is 4.57. The molecule has 1 unspecified atom stereocenters. The molecule has 0 aliphatic rings. The zero-order valence-electron chi connectivity index (χ0n) is 11.1. The standard InChI is InChI=1S/C13H15Br2N3O2/c1-7(2)19-6-11(16)12-17-13(20-18-12)9-5-8(14)3-4-10(9)15/h3-5,7,11H,6,16H2,1-2H3. The van der Waals surface area contributed by atoms with Crippen molar-refractivity contribution in [1.82, 2.24) is 10.1 Å². The number of hydrogen-bond acceptors (Lipinski definition) is 5.